The third kappa shape index (κ3) is 4.91. The molecule has 2 aromatic heterocycles. The number of nitriles is 1. The van der Waals surface area contributed by atoms with Crippen LogP contribution in [0.2, 0.25) is 0 Å². The molecular weight excluding hydrogens is 356 g/mol. The van der Waals surface area contributed by atoms with Gasteiger partial charge in [0.2, 0.25) is 11.9 Å². The Labute approximate surface area is 163 Å². The summed E-state index contributed by atoms with van der Waals surface area (Å²) in [6, 6.07) is 2.28. The minimum absolute atomic E-state index is 0.0549. The monoisotopic (exact) mass is 380 g/mol. The summed E-state index contributed by atoms with van der Waals surface area (Å²) in [5.74, 6) is 0.677. The normalized spacial score (nSPS) is 18.9. The van der Waals surface area contributed by atoms with Gasteiger partial charge in [-0.05, 0) is 32.6 Å². The van der Waals surface area contributed by atoms with Crippen molar-refractivity contribution in [2.75, 3.05) is 17.2 Å². The molecule has 2 aromatic rings. The maximum Gasteiger partial charge on any atom is 0.224 e. The molecule has 2 heterocycles. The first-order valence-electron chi connectivity index (χ1n) is 9.40. The van der Waals surface area contributed by atoms with E-state index >= 15 is 0 Å². The smallest absolute Gasteiger partial charge is 0.224 e. The Balaban J connectivity index is 1.60. The number of rotatable bonds is 7. The Hall–Kier alpha value is -3.28. The van der Waals surface area contributed by atoms with Crippen LogP contribution in [0.1, 0.15) is 42.6 Å². The van der Waals surface area contributed by atoms with Crippen LogP contribution in [0.4, 0.5) is 11.8 Å². The van der Waals surface area contributed by atoms with E-state index in [4.69, 9.17) is 5.73 Å². The van der Waals surface area contributed by atoms with Gasteiger partial charge in [0.05, 0.1) is 17.6 Å². The van der Waals surface area contributed by atoms with Gasteiger partial charge in [0, 0.05) is 37.3 Å². The molecule has 0 bridgehead atoms. The summed E-state index contributed by atoms with van der Waals surface area (Å²) in [4.78, 5) is 28.5. The quantitative estimate of drug-likeness (QED) is 0.657. The third-order valence-electron chi connectivity index (χ3n) is 5.01. The number of anilines is 2. The number of amides is 1. The molecule has 9 heteroatoms. The largest absolute Gasteiger partial charge is 0.369 e. The van der Waals surface area contributed by atoms with E-state index < -0.39 is 0 Å². The second-order valence-electron chi connectivity index (χ2n) is 6.93. The van der Waals surface area contributed by atoms with Gasteiger partial charge in [0.15, 0.2) is 0 Å². The van der Waals surface area contributed by atoms with Crippen LogP contribution in [0.5, 0.6) is 0 Å². The summed E-state index contributed by atoms with van der Waals surface area (Å²) < 4.78 is 0. The molecule has 0 unspecified atom stereocenters. The third-order valence-corrected chi connectivity index (χ3v) is 5.01. The molecule has 146 valence electrons. The highest BCUT2D eigenvalue weighted by Gasteiger charge is 2.25. The van der Waals surface area contributed by atoms with Gasteiger partial charge in [-0.15, -0.1) is 0 Å². The fourth-order valence-corrected chi connectivity index (χ4v) is 3.35. The van der Waals surface area contributed by atoms with Crippen LogP contribution in [0.3, 0.4) is 0 Å². The predicted molar refractivity (Wildman–Crippen MR) is 104 cm³/mol. The summed E-state index contributed by atoms with van der Waals surface area (Å²) in [7, 11) is 0. The van der Waals surface area contributed by atoms with Crippen LogP contribution in [-0.4, -0.2) is 38.4 Å². The van der Waals surface area contributed by atoms with Crippen LogP contribution in [0, 0.1) is 24.2 Å². The Morgan fingerprint density at radius 1 is 1.25 bits per heavy atom. The zero-order chi connectivity index (χ0) is 19.9. The van der Waals surface area contributed by atoms with E-state index in [1.807, 2.05) is 6.92 Å². The Kier molecular flexibility index (Phi) is 6.32. The lowest BCUT2D eigenvalue weighted by molar-refractivity contribution is -0.122. The summed E-state index contributed by atoms with van der Waals surface area (Å²) >= 11 is 0. The summed E-state index contributed by atoms with van der Waals surface area (Å²) in [6.45, 7) is 2.53. The number of carbonyl (C=O) groups excluding carboxylic acids is 1. The van der Waals surface area contributed by atoms with Gasteiger partial charge in [0.1, 0.15) is 17.5 Å². The van der Waals surface area contributed by atoms with Gasteiger partial charge in [-0.25, -0.2) is 4.98 Å². The van der Waals surface area contributed by atoms with E-state index in [1.54, 1.807) is 12.4 Å². The van der Waals surface area contributed by atoms with E-state index in [-0.39, 0.29) is 17.9 Å². The molecular formula is C19H24N8O. The van der Waals surface area contributed by atoms with Crippen molar-refractivity contribution < 1.29 is 4.79 Å². The number of nitrogens with one attached hydrogen (secondary N) is 2. The molecule has 1 saturated carbocycles. The summed E-state index contributed by atoms with van der Waals surface area (Å²) in [6.07, 6.45) is 8.70. The molecule has 0 atom stereocenters. The minimum atomic E-state index is -0.233. The van der Waals surface area contributed by atoms with Crippen LogP contribution >= 0.6 is 0 Å². The first-order chi connectivity index (χ1) is 13.6. The number of aromatic nitrogens is 4. The molecule has 1 amide bonds. The maximum absolute atomic E-state index is 11.3. The lowest BCUT2D eigenvalue weighted by Crippen LogP contribution is -2.32. The molecule has 1 fully saturated rings. The average Bonchev–Trinajstić information content (AvgIpc) is 2.70. The SMILES string of the molecule is Cc1nccnc1CCNc1ncc(C#N)c(N[C@H]2CC[C@@H](C(N)=O)CC2)n1. The van der Waals surface area contributed by atoms with Gasteiger partial charge >= 0.3 is 0 Å². The van der Waals surface area contributed by atoms with Gasteiger partial charge in [-0.1, -0.05) is 0 Å². The zero-order valence-electron chi connectivity index (χ0n) is 15.9. The van der Waals surface area contributed by atoms with Gasteiger partial charge < -0.3 is 16.4 Å². The molecule has 0 spiro atoms. The van der Waals surface area contributed by atoms with Crippen molar-refractivity contribution in [2.45, 2.75) is 45.1 Å². The Bertz CT molecular complexity index is 870. The van der Waals surface area contributed by atoms with E-state index in [9.17, 15) is 10.1 Å². The number of nitrogens with two attached hydrogens (primary N) is 1. The highest BCUT2D eigenvalue weighted by Crippen LogP contribution is 2.27. The van der Waals surface area contributed by atoms with Crippen molar-refractivity contribution in [3.05, 3.63) is 35.5 Å². The highest BCUT2D eigenvalue weighted by molar-refractivity contribution is 5.76. The molecule has 0 saturated heterocycles. The maximum atomic E-state index is 11.3. The summed E-state index contributed by atoms with van der Waals surface area (Å²) in [5, 5.41) is 15.8. The fourth-order valence-electron chi connectivity index (χ4n) is 3.35. The lowest BCUT2D eigenvalue weighted by Gasteiger charge is -2.28. The molecule has 3 rings (SSSR count). The van der Waals surface area contributed by atoms with E-state index in [0.717, 1.165) is 37.1 Å². The van der Waals surface area contributed by atoms with Crippen molar-refractivity contribution in [3.63, 3.8) is 0 Å². The molecule has 1 aliphatic carbocycles. The van der Waals surface area contributed by atoms with Crippen molar-refractivity contribution in [2.24, 2.45) is 11.7 Å². The van der Waals surface area contributed by atoms with Crippen LogP contribution in [0.15, 0.2) is 18.6 Å². The molecule has 1 aliphatic rings. The topological polar surface area (TPSA) is 142 Å². The van der Waals surface area contributed by atoms with Gasteiger partial charge in [0.25, 0.3) is 0 Å². The van der Waals surface area contributed by atoms with Crippen molar-refractivity contribution in [3.8, 4) is 6.07 Å². The van der Waals surface area contributed by atoms with Crippen LogP contribution in [-0.2, 0) is 11.2 Å². The number of hydrogen-bond acceptors (Lipinski definition) is 8. The Morgan fingerprint density at radius 2 is 2.00 bits per heavy atom. The van der Waals surface area contributed by atoms with Crippen molar-refractivity contribution in [1.29, 1.82) is 5.26 Å². The fraction of sp³-hybridized carbons (Fsp3) is 0.474. The van der Waals surface area contributed by atoms with E-state index in [2.05, 4.69) is 36.6 Å². The lowest BCUT2D eigenvalue weighted by atomic mass is 9.85. The molecule has 4 N–H and O–H groups in total. The first kappa shape index (κ1) is 19.5. The second-order valence-corrected chi connectivity index (χ2v) is 6.93. The second kappa shape index (κ2) is 9.08. The van der Waals surface area contributed by atoms with Crippen LogP contribution < -0.4 is 16.4 Å². The number of hydrogen-bond donors (Lipinski definition) is 3. The van der Waals surface area contributed by atoms with E-state index in [0.29, 0.717) is 30.3 Å². The number of carbonyl (C=O) groups is 1. The predicted octanol–water partition coefficient (Wildman–Crippen LogP) is 1.56. The molecule has 28 heavy (non-hydrogen) atoms. The number of primary amides is 1. The highest BCUT2D eigenvalue weighted by atomic mass is 16.1. The first-order valence-corrected chi connectivity index (χ1v) is 9.40. The molecule has 0 radical (unpaired) electrons. The average molecular weight is 380 g/mol. The number of aryl methyl sites for hydroxylation is 1. The van der Waals surface area contributed by atoms with Crippen LogP contribution in [0.25, 0.3) is 0 Å². The molecule has 0 aromatic carbocycles. The molecule has 0 aliphatic heterocycles. The van der Waals surface area contributed by atoms with Crippen molar-refractivity contribution in [1.82, 2.24) is 19.9 Å². The summed E-state index contributed by atoms with van der Waals surface area (Å²) in [5.41, 5.74) is 7.61. The van der Waals surface area contributed by atoms with Gasteiger partial charge in [-0.3, -0.25) is 14.8 Å². The Morgan fingerprint density at radius 3 is 2.68 bits per heavy atom. The number of nitrogens with zero attached hydrogens (tertiary/aromatic N) is 5. The molecule has 9 nitrogen and oxygen atoms in total. The standard InChI is InChI=1S/C19H24N8O/c1-12-16(23-9-8-22-12)6-7-24-19-25-11-14(10-20)18(27-19)26-15-4-2-13(3-5-15)17(21)28/h8-9,11,13,15H,2-7H2,1H3,(H2,21,28)(H2,24,25,26,27)/t13-,15+. The van der Waals surface area contributed by atoms with E-state index in [1.165, 1.54) is 6.20 Å². The van der Waals surface area contributed by atoms with Crippen molar-refractivity contribution >= 4 is 17.7 Å². The zero-order valence-corrected chi connectivity index (χ0v) is 15.9. The minimum Gasteiger partial charge on any atom is -0.369 e. The van der Waals surface area contributed by atoms with Gasteiger partial charge in [-0.2, -0.15) is 10.2 Å².